The van der Waals surface area contributed by atoms with Gasteiger partial charge in [-0.25, -0.2) is 14.8 Å². The first-order chi connectivity index (χ1) is 10.8. The van der Waals surface area contributed by atoms with E-state index in [-0.39, 0.29) is 5.97 Å². The van der Waals surface area contributed by atoms with Gasteiger partial charge in [-0.2, -0.15) is 0 Å². The van der Waals surface area contributed by atoms with E-state index in [1.807, 2.05) is 66.7 Å². The molecule has 1 aliphatic rings. The highest BCUT2D eigenvalue weighted by Crippen LogP contribution is 2.26. The van der Waals surface area contributed by atoms with Crippen molar-refractivity contribution in [1.82, 2.24) is 4.98 Å². The first kappa shape index (κ1) is 12.7. The van der Waals surface area contributed by atoms with Crippen LogP contribution in [0.2, 0.25) is 0 Å². The van der Waals surface area contributed by atoms with Gasteiger partial charge in [-0.05, 0) is 24.3 Å². The first-order valence-corrected chi connectivity index (χ1v) is 7.02. The summed E-state index contributed by atoms with van der Waals surface area (Å²) in [5.74, 6) is -0.0350. The molecular weight excluding hydrogens is 276 g/mol. The maximum absolute atomic E-state index is 12.1. The van der Waals surface area contributed by atoms with Gasteiger partial charge in [0.2, 0.25) is 5.90 Å². The largest absolute Gasteiger partial charge is 0.405 e. The molecule has 1 aliphatic heterocycles. The summed E-state index contributed by atoms with van der Waals surface area (Å²) in [6, 6.07) is 20.3. The van der Waals surface area contributed by atoms with Gasteiger partial charge in [-0.1, -0.05) is 42.5 Å². The number of para-hydroxylation sites is 1. The zero-order chi connectivity index (χ0) is 14.9. The molecule has 0 fully saturated rings. The van der Waals surface area contributed by atoms with E-state index in [9.17, 15) is 4.79 Å². The van der Waals surface area contributed by atoms with E-state index in [1.54, 1.807) is 0 Å². The summed E-state index contributed by atoms with van der Waals surface area (Å²) in [4.78, 5) is 21.0. The van der Waals surface area contributed by atoms with Crippen LogP contribution in [0.1, 0.15) is 17.3 Å². The van der Waals surface area contributed by atoms with Gasteiger partial charge in [0.1, 0.15) is 0 Å². The molecule has 0 radical (unpaired) electrons. The molecule has 4 nitrogen and oxygen atoms in total. The second kappa shape index (κ2) is 5.07. The fourth-order valence-electron chi connectivity index (χ4n) is 2.48. The van der Waals surface area contributed by atoms with Crippen molar-refractivity contribution in [1.29, 1.82) is 0 Å². The summed E-state index contributed by atoms with van der Waals surface area (Å²) in [5, 5.41) is 1.03. The molecule has 1 atom stereocenters. The minimum Gasteiger partial charge on any atom is -0.405 e. The van der Waals surface area contributed by atoms with Gasteiger partial charge in [-0.3, -0.25) is 0 Å². The smallest absolute Gasteiger partial charge is 0.344 e. The molecule has 2 heterocycles. The second-order valence-corrected chi connectivity index (χ2v) is 5.05. The van der Waals surface area contributed by atoms with Crippen molar-refractivity contribution in [3.8, 4) is 0 Å². The normalized spacial score (nSPS) is 17.4. The summed E-state index contributed by atoms with van der Waals surface area (Å²) >= 11 is 0. The Morgan fingerprint density at radius 3 is 2.50 bits per heavy atom. The van der Waals surface area contributed by atoms with Crippen molar-refractivity contribution in [2.75, 3.05) is 0 Å². The number of pyridine rings is 1. The average Bonchev–Trinajstić information content (AvgIpc) is 2.97. The molecule has 0 spiro atoms. The van der Waals surface area contributed by atoms with Crippen LogP contribution in [0.3, 0.4) is 0 Å². The Kier molecular flexibility index (Phi) is 2.93. The Hall–Kier alpha value is -3.01. The molecule has 2 aromatic carbocycles. The van der Waals surface area contributed by atoms with Crippen LogP contribution >= 0.6 is 0 Å². The number of nitrogens with zero attached hydrogens (tertiary/aromatic N) is 2. The molecule has 0 amide bonds. The third kappa shape index (κ3) is 2.15. The fourth-order valence-corrected chi connectivity index (χ4v) is 2.48. The summed E-state index contributed by atoms with van der Waals surface area (Å²) < 4.78 is 5.30. The fraction of sp³-hybridized carbons (Fsp3) is 0.0556. The maximum Gasteiger partial charge on any atom is 0.344 e. The van der Waals surface area contributed by atoms with Crippen molar-refractivity contribution in [3.63, 3.8) is 0 Å². The van der Waals surface area contributed by atoms with E-state index in [0.29, 0.717) is 11.6 Å². The maximum atomic E-state index is 12.1. The highest BCUT2D eigenvalue weighted by Gasteiger charge is 2.32. The van der Waals surface area contributed by atoms with Gasteiger partial charge < -0.3 is 4.74 Å². The average molecular weight is 288 g/mol. The van der Waals surface area contributed by atoms with E-state index >= 15 is 0 Å². The van der Waals surface area contributed by atoms with Gasteiger partial charge in [0.15, 0.2) is 6.04 Å². The number of fused-ring (bicyclic) bond motifs is 1. The topological polar surface area (TPSA) is 51.5 Å². The third-order valence-electron chi connectivity index (χ3n) is 3.59. The van der Waals surface area contributed by atoms with Crippen LogP contribution in [0.4, 0.5) is 0 Å². The van der Waals surface area contributed by atoms with E-state index in [1.165, 1.54) is 0 Å². The second-order valence-electron chi connectivity index (χ2n) is 5.05. The molecule has 106 valence electrons. The van der Waals surface area contributed by atoms with Crippen LogP contribution in [0, 0.1) is 0 Å². The number of esters is 1. The molecule has 0 unspecified atom stereocenters. The van der Waals surface area contributed by atoms with Crippen molar-refractivity contribution < 1.29 is 9.53 Å². The van der Waals surface area contributed by atoms with Crippen LogP contribution in [-0.2, 0) is 9.53 Å². The standard InChI is InChI=1S/C18H12N2O2/c21-18-16(20-17(22-18)13-7-2-1-3-8-13)15-11-10-12-6-4-5-9-14(12)19-15/h1-11,16H/t16-/m1/s1. The Labute approximate surface area is 127 Å². The van der Waals surface area contributed by atoms with Crippen LogP contribution in [0.25, 0.3) is 10.9 Å². The quantitative estimate of drug-likeness (QED) is 0.680. The number of hydrogen-bond donors (Lipinski definition) is 0. The van der Waals surface area contributed by atoms with Gasteiger partial charge in [-0.15, -0.1) is 0 Å². The Balaban J connectivity index is 1.74. The van der Waals surface area contributed by atoms with Gasteiger partial charge in [0.25, 0.3) is 0 Å². The molecule has 0 N–H and O–H groups in total. The van der Waals surface area contributed by atoms with Crippen molar-refractivity contribution in [2.45, 2.75) is 6.04 Å². The molecule has 3 aromatic rings. The van der Waals surface area contributed by atoms with Crippen molar-refractivity contribution >= 4 is 22.8 Å². The predicted octanol–water partition coefficient (Wildman–Crippen LogP) is 3.28. The lowest BCUT2D eigenvalue weighted by molar-refractivity contribution is -0.135. The molecule has 22 heavy (non-hydrogen) atoms. The number of aliphatic imine (C=N–C) groups is 1. The summed E-state index contributed by atoms with van der Waals surface area (Å²) in [6.45, 7) is 0. The number of aromatic nitrogens is 1. The van der Waals surface area contributed by atoms with Crippen LogP contribution in [0.5, 0.6) is 0 Å². The van der Waals surface area contributed by atoms with Crippen molar-refractivity contribution in [3.05, 3.63) is 78.0 Å². The number of rotatable bonds is 2. The highest BCUT2D eigenvalue weighted by molar-refractivity contribution is 6.06. The number of cyclic esters (lactones) is 1. The number of hydrogen-bond acceptors (Lipinski definition) is 4. The molecule has 4 heteroatoms. The highest BCUT2D eigenvalue weighted by atomic mass is 16.6. The molecule has 1 aromatic heterocycles. The molecule has 4 rings (SSSR count). The van der Waals surface area contributed by atoms with E-state index in [2.05, 4.69) is 9.98 Å². The number of carbonyl (C=O) groups excluding carboxylic acids is 1. The lowest BCUT2D eigenvalue weighted by Gasteiger charge is -2.04. The number of carbonyl (C=O) groups is 1. The lowest BCUT2D eigenvalue weighted by atomic mass is 10.1. The zero-order valence-corrected chi connectivity index (χ0v) is 11.6. The number of ether oxygens (including phenoxy) is 1. The van der Waals surface area contributed by atoms with Gasteiger partial charge in [0, 0.05) is 10.9 Å². The van der Waals surface area contributed by atoms with Crippen molar-refractivity contribution in [2.24, 2.45) is 4.99 Å². The first-order valence-electron chi connectivity index (χ1n) is 7.02. The SMILES string of the molecule is O=C1OC(c2ccccc2)=N[C@@H]1c1ccc2ccccc2n1. The Bertz CT molecular complexity index is 888. The molecule has 0 saturated heterocycles. The number of benzene rings is 2. The van der Waals surface area contributed by atoms with E-state index in [4.69, 9.17) is 4.74 Å². The minimum absolute atomic E-state index is 0.352. The van der Waals surface area contributed by atoms with Gasteiger partial charge >= 0.3 is 5.97 Å². The van der Waals surface area contributed by atoms with Crippen LogP contribution in [0.15, 0.2) is 71.7 Å². The van der Waals surface area contributed by atoms with E-state index < -0.39 is 6.04 Å². The molecule has 0 aliphatic carbocycles. The monoisotopic (exact) mass is 288 g/mol. The molecule has 0 saturated carbocycles. The predicted molar refractivity (Wildman–Crippen MR) is 83.6 cm³/mol. The summed E-state index contributed by atoms with van der Waals surface area (Å²) in [6.07, 6.45) is 0. The van der Waals surface area contributed by atoms with Crippen LogP contribution < -0.4 is 0 Å². The third-order valence-corrected chi connectivity index (χ3v) is 3.59. The van der Waals surface area contributed by atoms with E-state index in [0.717, 1.165) is 16.5 Å². The molecular formula is C18H12N2O2. The lowest BCUT2D eigenvalue weighted by Crippen LogP contribution is -2.10. The molecule has 0 bridgehead atoms. The Morgan fingerprint density at radius 1 is 0.864 bits per heavy atom. The zero-order valence-electron chi connectivity index (χ0n) is 11.6. The summed E-state index contributed by atoms with van der Waals surface area (Å²) in [5.41, 5.74) is 2.24. The van der Waals surface area contributed by atoms with Gasteiger partial charge in [0.05, 0.1) is 11.2 Å². The van der Waals surface area contributed by atoms with Crippen LogP contribution in [-0.4, -0.2) is 16.9 Å². The minimum atomic E-state index is -0.695. The summed E-state index contributed by atoms with van der Waals surface area (Å²) in [7, 11) is 0. The Morgan fingerprint density at radius 2 is 1.64 bits per heavy atom.